The van der Waals surface area contributed by atoms with Crippen LogP contribution in [0, 0.1) is 5.82 Å². The molecule has 0 spiro atoms. The fraction of sp³-hybridized carbons (Fsp3) is 0.200. The van der Waals surface area contributed by atoms with E-state index >= 15 is 0 Å². The quantitative estimate of drug-likeness (QED) is 0.439. The van der Waals surface area contributed by atoms with Gasteiger partial charge in [-0.25, -0.2) is 4.39 Å². The third-order valence-corrected chi connectivity index (χ3v) is 4.08. The standard InChI is InChI=1S/C15H17BrFN3O/c1-21-11-3-4-13(16)9(6-11)7-15(20-19)12-8-10(17)2-5-14(12)18/h2-6,8,15,20H,7,18-19H2,1H3. The van der Waals surface area contributed by atoms with Crippen LogP contribution in [-0.4, -0.2) is 7.11 Å². The van der Waals surface area contributed by atoms with E-state index in [0.717, 1.165) is 15.8 Å². The Morgan fingerprint density at radius 3 is 2.71 bits per heavy atom. The van der Waals surface area contributed by atoms with E-state index < -0.39 is 0 Å². The van der Waals surface area contributed by atoms with Crippen molar-refractivity contribution in [3.8, 4) is 5.75 Å². The molecule has 0 aromatic heterocycles. The fourth-order valence-corrected chi connectivity index (χ4v) is 2.57. The summed E-state index contributed by atoms with van der Waals surface area (Å²) in [6.45, 7) is 0. The molecule has 4 nitrogen and oxygen atoms in total. The number of hydrazine groups is 1. The second-order valence-corrected chi connectivity index (χ2v) is 5.51. The van der Waals surface area contributed by atoms with Gasteiger partial charge in [-0.1, -0.05) is 15.9 Å². The van der Waals surface area contributed by atoms with Crippen LogP contribution in [0.1, 0.15) is 17.2 Å². The minimum atomic E-state index is -0.343. The highest BCUT2D eigenvalue weighted by molar-refractivity contribution is 9.10. The van der Waals surface area contributed by atoms with Crippen molar-refractivity contribution in [3.63, 3.8) is 0 Å². The number of rotatable bonds is 5. The predicted octanol–water partition coefficient (Wildman–Crippen LogP) is 2.93. The third-order valence-electron chi connectivity index (χ3n) is 3.30. The van der Waals surface area contributed by atoms with Gasteiger partial charge in [0.05, 0.1) is 13.2 Å². The molecule has 0 aliphatic rings. The van der Waals surface area contributed by atoms with Crippen LogP contribution in [-0.2, 0) is 6.42 Å². The van der Waals surface area contributed by atoms with E-state index in [0.29, 0.717) is 17.7 Å². The van der Waals surface area contributed by atoms with E-state index in [1.165, 1.54) is 18.2 Å². The molecule has 112 valence electrons. The summed E-state index contributed by atoms with van der Waals surface area (Å²) in [7, 11) is 1.61. The molecule has 2 aromatic rings. The van der Waals surface area contributed by atoms with Crippen LogP contribution in [0.15, 0.2) is 40.9 Å². The number of ether oxygens (including phenoxy) is 1. The molecule has 2 aromatic carbocycles. The van der Waals surface area contributed by atoms with Crippen molar-refractivity contribution in [2.45, 2.75) is 12.5 Å². The van der Waals surface area contributed by atoms with E-state index in [4.69, 9.17) is 16.3 Å². The monoisotopic (exact) mass is 353 g/mol. The lowest BCUT2D eigenvalue weighted by atomic mass is 9.97. The molecular weight excluding hydrogens is 337 g/mol. The van der Waals surface area contributed by atoms with Crippen molar-refractivity contribution < 1.29 is 9.13 Å². The average molecular weight is 354 g/mol. The Labute approximate surface area is 131 Å². The molecule has 0 radical (unpaired) electrons. The van der Waals surface area contributed by atoms with E-state index in [2.05, 4.69) is 21.4 Å². The van der Waals surface area contributed by atoms with Gasteiger partial charge < -0.3 is 10.5 Å². The molecule has 6 heteroatoms. The highest BCUT2D eigenvalue weighted by atomic mass is 79.9. The predicted molar refractivity (Wildman–Crippen MR) is 85.3 cm³/mol. The molecular formula is C15H17BrFN3O. The van der Waals surface area contributed by atoms with E-state index in [1.54, 1.807) is 7.11 Å². The molecule has 0 aliphatic heterocycles. The van der Waals surface area contributed by atoms with Gasteiger partial charge in [0.25, 0.3) is 0 Å². The molecule has 0 saturated carbocycles. The molecule has 2 rings (SSSR count). The molecule has 5 N–H and O–H groups in total. The maximum absolute atomic E-state index is 13.4. The summed E-state index contributed by atoms with van der Waals surface area (Å²) in [5.41, 5.74) is 10.7. The Kier molecular flexibility index (Phi) is 5.17. The second kappa shape index (κ2) is 6.89. The first-order valence-corrected chi connectivity index (χ1v) is 7.18. The lowest BCUT2D eigenvalue weighted by Crippen LogP contribution is -2.30. The van der Waals surface area contributed by atoms with Gasteiger partial charge in [0.15, 0.2) is 0 Å². The Morgan fingerprint density at radius 1 is 1.29 bits per heavy atom. The Bertz CT molecular complexity index is 636. The molecule has 0 amide bonds. The molecule has 0 bridgehead atoms. The van der Waals surface area contributed by atoms with E-state index in [9.17, 15) is 4.39 Å². The molecule has 21 heavy (non-hydrogen) atoms. The number of nitrogen functional groups attached to an aromatic ring is 1. The average Bonchev–Trinajstić information content (AvgIpc) is 2.49. The van der Waals surface area contributed by atoms with Crippen molar-refractivity contribution in [2.75, 3.05) is 12.8 Å². The minimum absolute atomic E-state index is 0.302. The van der Waals surface area contributed by atoms with Crippen LogP contribution in [0.5, 0.6) is 5.75 Å². The van der Waals surface area contributed by atoms with Gasteiger partial charge in [0, 0.05) is 10.2 Å². The number of methoxy groups -OCH3 is 1. The topological polar surface area (TPSA) is 73.3 Å². The number of hydrogen-bond acceptors (Lipinski definition) is 4. The van der Waals surface area contributed by atoms with Crippen molar-refractivity contribution in [1.82, 2.24) is 5.43 Å². The minimum Gasteiger partial charge on any atom is -0.497 e. The number of nitrogens with two attached hydrogens (primary N) is 2. The second-order valence-electron chi connectivity index (χ2n) is 4.65. The van der Waals surface area contributed by atoms with Crippen LogP contribution in [0.4, 0.5) is 10.1 Å². The zero-order valence-corrected chi connectivity index (χ0v) is 13.2. The molecule has 0 fully saturated rings. The van der Waals surface area contributed by atoms with Crippen LogP contribution >= 0.6 is 15.9 Å². The molecule has 1 unspecified atom stereocenters. The summed E-state index contributed by atoms with van der Waals surface area (Å²) >= 11 is 3.49. The van der Waals surface area contributed by atoms with Crippen LogP contribution in [0.3, 0.4) is 0 Å². The fourth-order valence-electron chi connectivity index (χ4n) is 2.16. The Morgan fingerprint density at radius 2 is 2.05 bits per heavy atom. The zero-order valence-electron chi connectivity index (χ0n) is 11.6. The molecule has 0 saturated heterocycles. The summed E-state index contributed by atoms with van der Waals surface area (Å²) in [5.74, 6) is 6.02. The summed E-state index contributed by atoms with van der Waals surface area (Å²) in [4.78, 5) is 0. The summed E-state index contributed by atoms with van der Waals surface area (Å²) < 4.78 is 19.6. The van der Waals surface area contributed by atoms with Crippen molar-refractivity contribution in [3.05, 3.63) is 57.8 Å². The first-order chi connectivity index (χ1) is 10.0. The van der Waals surface area contributed by atoms with Gasteiger partial charge in [0.2, 0.25) is 0 Å². The number of benzene rings is 2. The lowest BCUT2D eigenvalue weighted by Gasteiger charge is -2.19. The summed E-state index contributed by atoms with van der Waals surface area (Å²) in [5, 5.41) is 0. The van der Waals surface area contributed by atoms with Gasteiger partial charge >= 0.3 is 0 Å². The van der Waals surface area contributed by atoms with Crippen molar-refractivity contribution in [1.29, 1.82) is 0 Å². The number of hydrogen-bond donors (Lipinski definition) is 3. The van der Waals surface area contributed by atoms with Crippen LogP contribution in [0.25, 0.3) is 0 Å². The maximum atomic E-state index is 13.4. The molecule has 0 heterocycles. The summed E-state index contributed by atoms with van der Waals surface area (Å²) in [6.07, 6.45) is 0.544. The lowest BCUT2D eigenvalue weighted by molar-refractivity contribution is 0.413. The zero-order chi connectivity index (χ0) is 15.4. The largest absolute Gasteiger partial charge is 0.497 e. The number of nitrogens with one attached hydrogen (secondary N) is 1. The van der Waals surface area contributed by atoms with Crippen molar-refractivity contribution in [2.24, 2.45) is 5.84 Å². The highest BCUT2D eigenvalue weighted by Crippen LogP contribution is 2.29. The maximum Gasteiger partial charge on any atom is 0.123 e. The van der Waals surface area contributed by atoms with Gasteiger partial charge in [0.1, 0.15) is 11.6 Å². The Hall–Kier alpha value is -1.63. The Balaban J connectivity index is 2.33. The third kappa shape index (κ3) is 3.72. The highest BCUT2D eigenvalue weighted by Gasteiger charge is 2.16. The normalized spacial score (nSPS) is 12.2. The van der Waals surface area contributed by atoms with Gasteiger partial charge in [-0.15, -0.1) is 0 Å². The van der Waals surface area contributed by atoms with E-state index in [1.807, 2.05) is 18.2 Å². The smallest absolute Gasteiger partial charge is 0.123 e. The first kappa shape index (κ1) is 15.8. The van der Waals surface area contributed by atoms with Gasteiger partial charge in [-0.2, -0.15) is 0 Å². The van der Waals surface area contributed by atoms with Gasteiger partial charge in [-0.3, -0.25) is 11.3 Å². The first-order valence-electron chi connectivity index (χ1n) is 6.38. The molecule has 1 atom stereocenters. The number of halogens is 2. The SMILES string of the molecule is COc1ccc(Br)c(CC(NN)c2cc(F)ccc2N)c1. The van der Waals surface area contributed by atoms with Crippen molar-refractivity contribution >= 4 is 21.6 Å². The van der Waals surface area contributed by atoms with E-state index in [-0.39, 0.29) is 11.9 Å². The van der Waals surface area contributed by atoms with Crippen LogP contribution in [0.2, 0.25) is 0 Å². The molecule has 0 aliphatic carbocycles. The number of anilines is 1. The summed E-state index contributed by atoms with van der Waals surface area (Å²) in [6, 6.07) is 9.62. The van der Waals surface area contributed by atoms with Gasteiger partial charge in [-0.05, 0) is 53.9 Å². The van der Waals surface area contributed by atoms with Crippen LogP contribution < -0.4 is 21.7 Å².